The molecule has 2 saturated heterocycles. The first kappa shape index (κ1) is 32.8. The molecule has 0 bridgehead atoms. The second-order valence-corrected chi connectivity index (χ2v) is 14.4. The molecule has 46 heavy (non-hydrogen) atoms. The molecule has 0 spiro atoms. The molecule has 0 saturated carbocycles. The monoisotopic (exact) mass is 629 g/mol. The van der Waals surface area contributed by atoms with Gasteiger partial charge < -0.3 is 19.5 Å². The lowest BCUT2D eigenvalue weighted by molar-refractivity contribution is -0.126. The van der Waals surface area contributed by atoms with Crippen LogP contribution in [0.1, 0.15) is 75.9 Å². The van der Waals surface area contributed by atoms with Crippen molar-refractivity contribution in [2.24, 2.45) is 11.8 Å². The Morgan fingerprint density at radius 2 is 1.13 bits per heavy atom. The number of rotatable bonds is 1. The van der Waals surface area contributed by atoms with Crippen molar-refractivity contribution in [1.82, 2.24) is 14.7 Å². The van der Waals surface area contributed by atoms with Crippen molar-refractivity contribution in [3.8, 4) is 0 Å². The van der Waals surface area contributed by atoms with Crippen LogP contribution in [-0.4, -0.2) is 69.1 Å². The minimum Gasteiger partial charge on any atom is -0.515 e. The third kappa shape index (κ3) is 6.12. The van der Waals surface area contributed by atoms with Crippen LogP contribution < -0.4 is 0 Å². The van der Waals surface area contributed by atoms with Gasteiger partial charge in [0.2, 0.25) is 0 Å². The number of benzene rings is 2. The number of imide groups is 2. The zero-order chi connectivity index (χ0) is 33.7. The topological polar surface area (TPSA) is 117 Å². The van der Waals surface area contributed by atoms with Gasteiger partial charge in [-0.05, 0) is 76.6 Å². The van der Waals surface area contributed by atoms with Gasteiger partial charge in [0.05, 0.1) is 23.9 Å². The largest absolute Gasteiger partial charge is 0.515 e. The highest BCUT2D eigenvalue weighted by Gasteiger charge is 2.54. The number of aliphatic hydroxyl groups excluding tert-OH is 1. The van der Waals surface area contributed by atoms with Crippen LogP contribution in [0.25, 0.3) is 0 Å². The van der Waals surface area contributed by atoms with Crippen molar-refractivity contribution < 1.29 is 33.8 Å². The number of ether oxygens (including phenoxy) is 2. The van der Waals surface area contributed by atoms with E-state index in [1.807, 2.05) is 88.4 Å². The number of nitrogens with zero attached hydrogens (tertiary/aromatic N) is 3. The van der Waals surface area contributed by atoms with Crippen molar-refractivity contribution in [3.63, 3.8) is 0 Å². The van der Waals surface area contributed by atoms with Gasteiger partial charge in [0.25, 0.3) is 11.8 Å². The van der Waals surface area contributed by atoms with E-state index in [1.165, 1.54) is 10.5 Å². The molecule has 2 fully saturated rings. The van der Waals surface area contributed by atoms with Crippen LogP contribution in [0.15, 0.2) is 72.1 Å². The molecule has 4 aliphatic rings. The second kappa shape index (κ2) is 12.0. The normalized spacial score (nSPS) is 24.7. The van der Waals surface area contributed by atoms with Crippen LogP contribution in [0.4, 0.5) is 9.59 Å². The third-order valence-electron chi connectivity index (χ3n) is 8.39. The van der Waals surface area contributed by atoms with E-state index in [0.717, 1.165) is 34.3 Å². The summed E-state index contributed by atoms with van der Waals surface area (Å²) in [6.07, 6.45) is 2.83. The van der Waals surface area contributed by atoms with Crippen LogP contribution in [0.5, 0.6) is 0 Å². The maximum atomic E-state index is 12.9. The number of likely N-dealkylation sites (tertiary alicyclic amines) is 2. The lowest BCUT2D eigenvalue weighted by Crippen LogP contribution is -2.39. The van der Waals surface area contributed by atoms with Crippen molar-refractivity contribution in [2.45, 2.75) is 77.7 Å². The van der Waals surface area contributed by atoms with Gasteiger partial charge in [-0.3, -0.25) is 9.59 Å². The van der Waals surface area contributed by atoms with Gasteiger partial charge in [0.15, 0.2) is 0 Å². The fourth-order valence-electron chi connectivity index (χ4n) is 6.79. The van der Waals surface area contributed by atoms with Gasteiger partial charge >= 0.3 is 12.2 Å². The number of hydrogen-bond acceptors (Lipinski definition) is 8. The number of fused-ring (bicyclic) bond motifs is 6. The summed E-state index contributed by atoms with van der Waals surface area (Å²) in [6, 6.07) is 15.1. The molecule has 4 atom stereocenters. The minimum absolute atomic E-state index is 0.00943. The van der Waals surface area contributed by atoms with E-state index < -0.39 is 35.3 Å². The highest BCUT2D eigenvalue weighted by molar-refractivity contribution is 6.07. The Morgan fingerprint density at radius 3 is 1.52 bits per heavy atom. The average Bonchev–Trinajstić information content (AvgIpc) is 3.64. The first-order chi connectivity index (χ1) is 21.5. The Bertz CT molecular complexity index is 1630. The Balaban J connectivity index is 0.000000182. The van der Waals surface area contributed by atoms with Crippen LogP contribution in [0.3, 0.4) is 0 Å². The van der Waals surface area contributed by atoms with E-state index in [1.54, 1.807) is 20.8 Å². The number of carbonyl (C=O) groups is 4. The van der Waals surface area contributed by atoms with Gasteiger partial charge in [-0.15, -0.1) is 0 Å². The van der Waals surface area contributed by atoms with Gasteiger partial charge in [0, 0.05) is 37.7 Å². The highest BCUT2D eigenvalue weighted by atomic mass is 16.6. The highest BCUT2D eigenvalue weighted by Crippen LogP contribution is 2.51. The zero-order valence-electron chi connectivity index (χ0n) is 27.7. The van der Waals surface area contributed by atoms with E-state index in [2.05, 4.69) is 6.07 Å². The summed E-state index contributed by atoms with van der Waals surface area (Å²) in [5.41, 5.74) is 3.90. The lowest BCUT2D eigenvalue weighted by Gasteiger charge is -2.27. The Morgan fingerprint density at radius 1 is 0.739 bits per heavy atom. The Hall–Kier alpha value is -4.60. The average molecular weight is 630 g/mol. The van der Waals surface area contributed by atoms with Crippen molar-refractivity contribution >= 4 is 24.0 Å². The van der Waals surface area contributed by atoms with Gasteiger partial charge in [-0.1, -0.05) is 48.5 Å². The predicted octanol–water partition coefficient (Wildman–Crippen LogP) is 6.24. The van der Waals surface area contributed by atoms with E-state index in [-0.39, 0.29) is 29.4 Å². The number of hydrogen-bond donors (Lipinski definition) is 1. The van der Waals surface area contributed by atoms with Crippen LogP contribution in [0.2, 0.25) is 0 Å². The molecule has 2 aliphatic heterocycles. The SMILES string of the molecule is CC(C)(C)OC(=O)N1C(=O)/C(=C\O)C2Cc3ccccc3C21.CN(C)/C=C1\C(=O)N(C(=O)OC(C)(C)C)C2c3ccccc3CC12. The van der Waals surface area contributed by atoms with E-state index in [9.17, 15) is 24.3 Å². The molecule has 10 nitrogen and oxygen atoms in total. The summed E-state index contributed by atoms with van der Waals surface area (Å²) in [4.78, 5) is 54.9. The Labute approximate surface area is 270 Å². The molecule has 244 valence electrons. The molecular weight excluding hydrogens is 586 g/mol. The van der Waals surface area contributed by atoms with Crippen molar-refractivity contribution in [1.29, 1.82) is 0 Å². The first-order valence-electron chi connectivity index (χ1n) is 15.5. The van der Waals surface area contributed by atoms with E-state index in [4.69, 9.17) is 9.47 Å². The standard InChI is InChI=1S/C19H24N2O3.C17H19NO4/c1-19(2,3)24-18(23)21-16-13-9-7-6-8-12(13)10-14(16)15(17(21)22)11-20(4)5;1-17(2,3)22-16(21)18-14-11-7-5-4-6-10(11)8-12(14)13(9-19)15(18)20/h6-9,11,14,16H,10H2,1-5H3;4-7,9,12,14,19H,8H2,1-3H3/b15-11-;13-9-. The molecular formula is C36H43N3O7. The lowest BCUT2D eigenvalue weighted by atomic mass is 9.97. The third-order valence-corrected chi connectivity index (χ3v) is 8.39. The number of aliphatic hydroxyl groups is 1. The van der Waals surface area contributed by atoms with Crippen molar-refractivity contribution in [2.75, 3.05) is 14.1 Å². The van der Waals surface area contributed by atoms with Crippen molar-refractivity contribution in [3.05, 3.63) is 94.4 Å². The maximum absolute atomic E-state index is 12.9. The van der Waals surface area contributed by atoms with Gasteiger partial charge in [0.1, 0.15) is 11.2 Å². The summed E-state index contributed by atoms with van der Waals surface area (Å²) in [5, 5.41) is 9.43. The molecule has 2 aromatic rings. The predicted molar refractivity (Wildman–Crippen MR) is 171 cm³/mol. The summed E-state index contributed by atoms with van der Waals surface area (Å²) in [5.74, 6) is -0.934. The maximum Gasteiger partial charge on any atom is 0.417 e. The number of amides is 4. The summed E-state index contributed by atoms with van der Waals surface area (Å²) >= 11 is 0. The van der Waals surface area contributed by atoms with Crippen LogP contribution in [-0.2, 0) is 31.9 Å². The molecule has 2 aromatic carbocycles. The molecule has 2 aliphatic carbocycles. The molecule has 4 amide bonds. The van der Waals surface area contributed by atoms with E-state index >= 15 is 0 Å². The van der Waals surface area contributed by atoms with Gasteiger partial charge in [-0.25, -0.2) is 19.4 Å². The fraction of sp³-hybridized carbons (Fsp3) is 0.444. The quantitative estimate of drug-likeness (QED) is 0.291. The fourth-order valence-corrected chi connectivity index (χ4v) is 6.79. The van der Waals surface area contributed by atoms with E-state index in [0.29, 0.717) is 12.0 Å². The zero-order valence-corrected chi connectivity index (χ0v) is 27.7. The summed E-state index contributed by atoms with van der Waals surface area (Å²) in [7, 11) is 3.76. The second-order valence-electron chi connectivity index (χ2n) is 14.4. The first-order valence-corrected chi connectivity index (χ1v) is 15.5. The molecule has 10 heteroatoms. The molecule has 2 heterocycles. The molecule has 0 aromatic heterocycles. The minimum atomic E-state index is -0.684. The molecule has 4 unspecified atom stereocenters. The van der Waals surface area contributed by atoms with Gasteiger partial charge in [-0.2, -0.15) is 0 Å². The summed E-state index contributed by atoms with van der Waals surface area (Å²) < 4.78 is 10.9. The van der Waals surface area contributed by atoms with Crippen LogP contribution in [0, 0.1) is 11.8 Å². The number of carbonyl (C=O) groups excluding carboxylic acids is 4. The van der Waals surface area contributed by atoms with Crippen LogP contribution >= 0.6 is 0 Å². The summed E-state index contributed by atoms with van der Waals surface area (Å²) in [6.45, 7) is 10.7. The molecule has 0 radical (unpaired) electrons. The molecule has 1 N–H and O–H groups in total. The Kier molecular flexibility index (Phi) is 8.53. The smallest absolute Gasteiger partial charge is 0.417 e. The molecule has 6 rings (SSSR count).